The van der Waals surface area contributed by atoms with Crippen LogP contribution in [0, 0.1) is 0 Å². The van der Waals surface area contributed by atoms with Gasteiger partial charge in [-0.3, -0.25) is 0 Å². The maximum absolute atomic E-state index is 5.70. The summed E-state index contributed by atoms with van der Waals surface area (Å²) >= 11 is 0. The second-order valence-corrected chi connectivity index (χ2v) is 6.51. The van der Waals surface area contributed by atoms with E-state index in [-0.39, 0.29) is 5.54 Å². The number of hydrogen-bond acceptors (Lipinski definition) is 3. The van der Waals surface area contributed by atoms with Crippen LogP contribution in [0.4, 0.5) is 0 Å². The molecule has 1 unspecified atom stereocenters. The Hall–Kier alpha value is -0.120. The van der Waals surface area contributed by atoms with E-state index in [1.807, 2.05) is 0 Å². The molecule has 108 valence electrons. The molecule has 1 fully saturated rings. The zero-order chi connectivity index (χ0) is 13.6. The topological polar surface area (TPSA) is 24.5 Å². The molecule has 0 radical (unpaired) electrons. The van der Waals surface area contributed by atoms with Crippen molar-refractivity contribution in [2.75, 3.05) is 26.2 Å². The Bertz CT molecular complexity index is 217. The molecule has 1 rings (SSSR count). The maximum atomic E-state index is 5.70. The van der Waals surface area contributed by atoms with Crippen LogP contribution in [-0.2, 0) is 4.74 Å². The average molecular weight is 256 g/mol. The summed E-state index contributed by atoms with van der Waals surface area (Å²) in [5, 5.41) is 3.57. The molecule has 1 heterocycles. The van der Waals surface area contributed by atoms with Gasteiger partial charge in [-0.1, -0.05) is 0 Å². The van der Waals surface area contributed by atoms with Crippen molar-refractivity contribution in [1.29, 1.82) is 0 Å². The first-order valence-electron chi connectivity index (χ1n) is 7.53. The van der Waals surface area contributed by atoms with Gasteiger partial charge in [0.25, 0.3) is 0 Å². The first kappa shape index (κ1) is 15.9. The van der Waals surface area contributed by atoms with Crippen molar-refractivity contribution in [3.05, 3.63) is 0 Å². The normalized spacial score (nSPS) is 21.2. The van der Waals surface area contributed by atoms with Crippen LogP contribution < -0.4 is 5.32 Å². The molecule has 0 bridgehead atoms. The third kappa shape index (κ3) is 6.17. The highest BCUT2D eigenvalue weighted by Crippen LogP contribution is 2.17. The number of nitrogens with one attached hydrogen (secondary N) is 1. The zero-order valence-corrected chi connectivity index (χ0v) is 13.0. The van der Waals surface area contributed by atoms with E-state index in [4.69, 9.17) is 4.74 Å². The monoisotopic (exact) mass is 256 g/mol. The summed E-state index contributed by atoms with van der Waals surface area (Å²) in [6.07, 6.45) is 4.14. The first-order chi connectivity index (χ1) is 8.42. The van der Waals surface area contributed by atoms with Crippen molar-refractivity contribution >= 4 is 0 Å². The van der Waals surface area contributed by atoms with Crippen LogP contribution >= 0.6 is 0 Å². The summed E-state index contributed by atoms with van der Waals surface area (Å²) in [6.45, 7) is 15.5. The highest BCUT2D eigenvalue weighted by molar-refractivity contribution is 4.78. The molecule has 1 aliphatic heterocycles. The molecular weight excluding hydrogens is 224 g/mol. The SMILES string of the molecule is CCOC1CCN(C(C)CCNC(C)(C)C)CC1. The van der Waals surface area contributed by atoms with E-state index in [9.17, 15) is 0 Å². The Labute approximate surface area is 113 Å². The second kappa shape index (κ2) is 7.46. The van der Waals surface area contributed by atoms with Gasteiger partial charge in [0, 0.05) is 31.3 Å². The predicted molar refractivity (Wildman–Crippen MR) is 78.1 cm³/mol. The van der Waals surface area contributed by atoms with E-state index in [2.05, 4.69) is 44.8 Å². The van der Waals surface area contributed by atoms with Gasteiger partial charge in [-0.05, 0) is 60.4 Å². The molecule has 0 aromatic carbocycles. The van der Waals surface area contributed by atoms with Crippen molar-refractivity contribution in [2.45, 2.75) is 71.6 Å². The number of rotatable bonds is 6. The first-order valence-corrected chi connectivity index (χ1v) is 7.53. The predicted octanol–water partition coefficient (Wildman–Crippen LogP) is 2.65. The van der Waals surface area contributed by atoms with E-state index in [1.54, 1.807) is 0 Å². The third-order valence-electron chi connectivity index (χ3n) is 3.72. The average Bonchev–Trinajstić information content (AvgIpc) is 2.28. The lowest BCUT2D eigenvalue weighted by molar-refractivity contribution is 0.00496. The van der Waals surface area contributed by atoms with Crippen molar-refractivity contribution in [3.63, 3.8) is 0 Å². The molecule has 1 saturated heterocycles. The fraction of sp³-hybridized carbons (Fsp3) is 1.00. The summed E-state index contributed by atoms with van der Waals surface area (Å²) in [5.41, 5.74) is 0.238. The summed E-state index contributed by atoms with van der Waals surface area (Å²) < 4.78 is 5.70. The summed E-state index contributed by atoms with van der Waals surface area (Å²) in [7, 11) is 0. The molecule has 0 spiro atoms. The number of nitrogens with zero attached hydrogens (tertiary/aromatic N) is 1. The Kier molecular flexibility index (Phi) is 6.61. The molecule has 1 atom stereocenters. The second-order valence-electron chi connectivity index (χ2n) is 6.51. The summed E-state index contributed by atoms with van der Waals surface area (Å²) in [4.78, 5) is 2.61. The van der Waals surface area contributed by atoms with Crippen LogP contribution in [0.2, 0.25) is 0 Å². The van der Waals surface area contributed by atoms with E-state index >= 15 is 0 Å². The summed E-state index contributed by atoms with van der Waals surface area (Å²) in [5.74, 6) is 0. The van der Waals surface area contributed by atoms with E-state index in [1.165, 1.54) is 32.4 Å². The fourth-order valence-electron chi connectivity index (χ4n) is 2.56. The number of hydrogen-bond donors (Lipinski definition) is 1. The van der Waals surface area contributed by atoms with Gasteiger partial charge in [0.2, 0.25) is 0 Å². The standard InChI is InChI=1S/C15H32N2O/c1-6-18-14-8-11-17(12-9-14)13(2)7-10-16-15(3,4)5/h13-14,16H,6-12H2,1-5H3. The number of ether oxygens (including phenoxy) is 1. The van der Waals surface area contributed by atoms with Gasteiger partial charge in [-0.25, -0.2) is 0 Å². The minimum absolute atomic E-state index is 0.238. The minimum atomic E-state index is 0.238. The zero-order valence-electron chi connectivity index (χ0n) is 13.0. The fourth-order valence-corrected chi connectivity index (χ4v) is 2.56. The largest absolute Gasteiger partial charge is 0.378 e. The van der Waals surface area contributed by atoms with Crippen molar-refractivity contribution < 1.29 is 4.74 Å². The molecule has 3 heteroatoms. The van der Waals surface area contributed by atoms with Crippen LogP contribution in [0.25, 0.3) is 0 Å². The molecule has 1 N–H and O–H groups in total. The lowest BCUT2D eigenvalue weighted by atomic mass is 10.0. The molecule has 18 heavy (non-hydrogen) atoms. The van der Waals surface area contributed by atoms with Gasteiger partial charge >= 0.3 is 0 Å². The third-order valence-corrected chi connectivity index (χ3v) is 3.72. The van der Waals surface area contributed by atoms with E-state index in [0.717, 1.165) is 13.2 Å². The van der Waals surface area contributed by atoms with Crippen molar-refractivity contribution in [1.82, 2.24) is 10.2 Å². The summed E-state index contributed by atoms with van der Waals surface area (Å²) in [6, 6.07) is 0.683. The molecular formula is C15H32N2O. The molecule has 0 aromatic rings. The van der Waals surface area contributed by atoms with Crippen LogP contribution in [0.15, 0.2) is 0 Å². The van der Waals surface area contributed by atoms with E-state index < -0.39 is 0 Å². The number of likely N-dealkylation sites (tertiary alicyclic amines) is 1. The lowest BCUT2D eigenvalue weighted by Crippen LogP contribution is -2.44. The van der Waals surface area contributed by atoms with Gasteiger partial charge in [0.15, 0.2) is 0 Å². The van der Waals surface area contributed by atoms with Gasteiger partial charge in [-0.15, -0.1) is 0 Å². The Balaban J connectivity index is 2.17. The Morgan fingerprint density at radius 1 is 1.28 bits per heavy atom. The van der Waals surface area contributed by atoms with Gasteiger partial charge < -0.3 is 15.0 Å². The molecule has 0 aromatic heterocycles. The van der Waals surface area contributed by atoms with Gasteiger partial charge in [-0.2, -0.15) is 0 Å². The molecule has 0 amide bonds. The van der Waals surface area contributed by atoms with Gasteiger partial charge in [0.05, 0.1) is 6.10 Å². The molecule has 3 nitrogen and oxygen atoms in total. The minimum Gasteiger partial charge on any atom is -0.378 e. The van der Waals surface area contributed by atoms with Crippen LogP contribution in [0.1, 0.15) is 53.9 Å². The molecule has 1 aliphatic rings. The van der Waals surface area contributed by atoms with Crippen LogP contribution in [-0.4, -0.2) is 48.8 Å². The molecule has 0 saturated carbocycles. The quantitative estimate of drug-likeness (QED) is 0.791. The smallest absolute Gasteiger partial charge is 0.0599 e. The van der Waals surface area contributed by atoms with Crippen molar-refractivity contribution in [3.8, 4) is 0 Å². The maximum Gasteiger partial charge on any atom is 0.0599 e. The van der Waals surface area contributed by atoms with Crippen molar-refractivity contribution in [2.24, 2.45) is 0 Å². The number of piperidine rings is 1. The Morgan fingerprint density at radius 3 is 2.39 bits per heavy atom. The Morgan fingerprint density at radius 2 is 1.89 bits per heavy atom. The molecule has 0 aliphatic carbocycles. The highest BCUT2D eigenvalue weighted by Gasteiger charge is 2.22. The van der Waals surface area contributed by atoms with Gasteiger partial charge in [0.1, 0.15) is 0 Å². The van der Waals surface area contributed by atoms with Crippen LogP contribution in [0.5, 0.6) is 0 Å². The van der Waals surface area contributed by atoms with E-state index in [0.29, 0.717) is 12.1 Å². The lowest BCUT2D eigenvalue weighted by Gasteiger charge is -2.36. The van der Waals surface area contributed by atoms with Crippen LogP contribution in [0.3, 0.4) is 0 Å². The highest BCUT2D eigenvalue weighted by atomic mass is 16.5.